The fourth-order valence-corrected chi connectivity index (χ4v) is 3.88. The van der Waals surface area contributed by atoms with Crippen LogP contribution >= 0.6 is 0 Å². The molecule has 116 valence electrons. The second kappa shape index (κ2) is 5.10. The number of piperazine rings is 1. The summed E-state index contributed by atoms with van der Waals surface area (Å²) in [7, 11) is 0. The smallest absolute Gasteiger partial charge is 0.0338 e. The molecular weight excluding hydrogens is 256 g/mol. The van der Waals surface area contributed by atoms with Crippen LogP contribution in [0.25, 0.3) is 0 Å². The Bertz CT molecular complexity index is 510. The Morgan fingerprint density at radius 3 is 2.33 bits per heavy atom. The molecule has 1 aromatic rings. The van der Waals surface area contributed by atoms with E-state index in [0.717, 1.165) is 25.6 Å². The van der Waals surface area contributed by atoms with Gasteiger partial charge in [-0.15, -0.1) is 0 Å². The molecule has 0 spiro atoms. The van der Waals surface area contributed by atoms with Gasteiger partial charge in [-0.1, -0.05) is 18.2 Å². The molecule has 1 heterocycles. The zero-order valence-corrected chi connectivity index (χ0v) is 14.3. The van der Waals surface area contributed by atoms with Crippen LogP contribution < -0.4 is 5.32 Å². The fourth-order valence-electron chi connectivity index (χ4n) is 3.88. The summed E-state index contributed by atoms with van der Waals surface area (Å²) in [6.07, 6.45) is 2.81. The van der Waals surface area contributed by atoms with Crippen molar-refractivity contribution in [3.05, 3.63) is 34.9 Å². The third-order valence-corrected chi connectivity index (χ3v) is 5.68. The van der Waals surface area contributed by atoms with E-state index in [2.05, 4.69) is 63.0 Å². The maximum Gasteiger partial charge on any atom is 0.0338 e. The second-order valence-corrected chi connectivity index (χ2v) is 8.10. The lowest BCUT2D eigenvalue weighted by atomic mass is 9.85. The molecule has 0 aromatic heterocycles. The Kier molecular flexibility index (Phi) is 3.66. The van der Waals surface area contributed by atoms with Crippen LogP contribution in [0.5, 0.6) is 0 Å². The molecule has 1 aromatic carbocycles. The van der Waals surface area contributed by atoms with Crippen molar-refractivity contribution < 1.29 is 0 Å². The fraction of sp³-hybridized carbons (Fsp3) is 0.684. The number of nitrogens with zero attached hydrogens (tertiary/aromatic N) is 1. The summed E-state index contributed by atoms with van der Waals surface area (Å²) < 4.78 is 0. The SMILES string of the molecule is Cc1cccc(C)c1CN1CC(C)(C)NCC1(C)C1CC1. The quantitative estimate of drug-likeness (QED) is 0.912. The van der Waals surface area contributed by atoms with Gasteiger partial charge in [0.05, 0.1) is 0 Å². The lowest BCUT2D eigenvalue weighted by molar-refractivity contribution is 0.00495. The first-order valence-corrected chi connectivity index (χ1v) is 8.37. The number of rotatable bonds is 3. The van der Waals surface area contributed by atoms with Crippen molar-refractivity contribution >= 4 is 0 Å². The number of hydrogen-bond acceptors (Lipinski definition) is 2. The Morgan fingerprint density at radius 2 is 1.76 bits per heavy atom. The minimum atomic E-state index is 0.213. The van der Waals surface area contributed by atoms with Gasteiger partial charge in [-0.25, -0.2) is 0 Å². The van der Waals surface area contributed by atoms with Gasteiger partial charge in [0.25, 0.3) is 0 Å². The van der Waals surface area contributed by atoms with E-state index in [1.807, 2.05) is 0 Å². The van der Waals surface area contributed by atoms with Crippen molar-refractivity contribution in [2.45, 2.75) is 65.1 Å². The summed E-state index contributed by atoms with van der Waals surface area (Å²) >= 11 is 0. The normalized spacial score (nSPS) is 29.6. The van der Waals surface area contributed by atoms with Gasteiger partial charge >= 0.3 is 0 Å². The van der Waals surface area contributed by atoms with Crippen LogP contribution in [-0.4, -0.2) is 29.1 Å². The summed E-state index contributed by atoms with van der Waals surface area (Å²) in [5.41, 5.74) is 4.94. The summed E-state index contributed by atoms with van der Waals surface area (Å²) in [5, 5.41) is 3.77. The molecule has 2 nitrogen and oxygen atoms in total. The summed E-state index contributed by atoms with van der Waals surface area (Å²) in [4.78, 5) is 2.76. The average molecular weight is 286 g/mol. The maximum absolute atomic E-state index is 3.77. The lowest BCUT2D eigenvalue weighted by Gasteiger charge is -2.52. The van der Waals surface area contributed by atoms with Crippen molar-refractivity contribution in [3.63, 3.8) is 0 Å². The minimum absolute atomic E-state index is 0.213. The molecule has 0 radical (unpaired) electrons. The van der Waals surface area contributed by atoms with Crippen LogP contribution in [0.3, 0.4) is 0 Å². The second-order valence-electron chi connectivity index (χ2n) is 8.10. The first-order chi connectivity index (χ1) is 9.82. The molecule has 1 aliphatic carbocycles. The van der Waals surface area contributed by atoms with Gasteiger partial charge in [0.15, 0.2) is 0 Å². The van der Waals surface area contributed by atoms with Crippen molar-refractivity contribution in [1.82, 2.24) is 10.2 Å². The molecule has 0 amide bonds. The van der Waals surface area contributed by atoms with Crippen molar-refractivity contribution in [2.24, 2.45) is 5.92 Å². The highest BCUT2D eigenvalue weighted by molar-refractivity contribution is 5.33. The van der Waals surface area contributed by atoms with Gasteiger partial charge in [-0.2, -0.15) is 0 Å². The molecule has 1 saturated heterocycles. The topological polar surface area (TPSA) is 15.3 Å². The standard InChI is InChI=1S/C19H30N2/c1-14-7-6-8-15(2)17(14)11-21-13-18(3,4)20-12-19(21,5)16-9-10-16/h6-8,16,20H,9-13H2,1-5H3. The van der Waals surface area contributed by atoms with E-state index >= 15 is 0 Å². The van der Waals surface area contributed by atoms with E-state index in [-0.39, 0.29) is 5.54 Å². The zero-order chi connectivity index (χ0) is 15.3. The molecule has 2 fully saturated rings. The van der Waals surface area contributed by atoms with Gasteiger partial charge in [-0.3, -0.25) is 4.90 Å². The molecule has 1 aliphatic heterocycles. The molecule has 1 atom stereocenters. The highest BCUT2D eigenvalue weighted by Gasteiger charge is 2.49. The highest BCUT2D eigenvalue weighted by Crippen LogP contribution is 2.45. The molecule has 1 N–H and O–H groups in total. The molecule has 21 heavy (non-hydrogen) atoms. The molecule has 1 saturated carbocycles. The number of hydrogen-bond donors (Lipinski definition) is 1. The Labute approximate surface area is 129 Å². The van der Waals surface area contributed by atoms with Gasteiger partial charge in [-0.05, 0) is 70.1 Å². The first kappa shape index (κ1) is 15.1. The number of nitrogens with one attached hydrogen (secondary N) is 1. The predicted molar refractivity (Wildman–Crippen MR) is 89.5 cm³/mol. The van der Waals surface area contributed by atoms with E-state index in [4.69, 9.17) is 0 Å². The highest BCUT2D eigenvalue weighted by atomic mass is 15.3. The van der Waals surface area contributed by atoms with Crippen molar-refractivity contribution in [1.29, 1.82) is 0 Å². The van der Waals surface area contributed by atoms with Crippen LogP contribution in [0.1, 0.15) is 50.3 Å². The molecule has 0 bridgehead atoms. The van der Waals surface area contributed by atoms with Crippen LogP contribution in [0, 0.1) is 19.8 Å². The molecule has 2 aliphatic rings. The number of benzene rings is 1. The monoisotopic (exact) mass is 286 g/mol. The van der Waals surface area contributed by atoms with E-state index in [9.17, 15) is 0 Å². The van der Waals surface area contributed by atoms with Crippen molar-refractivity contribution in [2.75, 3.05) is 13.1 Å². The van der Waals surface area contributed by atoms with Gasteiger partial charge in [0.1, 0.15) is 0 Å². The summed E-state index contributed by atoms with van der Waals surface area (Å²) in [6, 6.07) is 6.68. The largest absolute Gasteiger partial charge is 0.309 e. The van der Waals surface area contributed by atoms with Crippen molar-refractivity contribution in [3.8, 4) is 0 Å². The van der Waals surface area contributed by atoms with Crippen LogP contribution in [0.15, 0.2) is 18.2 Å². The zero-order valence-electron chi connectivity index (χ0n) is 14.3. The average Bonchev–Trinajstić information content (AvgIpc) is 3.23. The Morgan fingerprint density at radius 1 is 1.14 bits per heavy atom. The lowest BCUT2D eigenvalue weighted by Crippen LogP contribution is -2.67. The summed E-state index contributed by atoms with van der Waals surface area (Å²) in [6.45, 7) is 15.0. The van der Waals surface area contributed by atoms with Gasteiger partial charge in [0.2, 0.25) is 0 Å². The molecule has 1 unspecified atom stereocenters. The maximum atomic E-state index is 3.77. The van der Waals surface area contributed by atoms with Gasteiger partial charge < -0.3 is 5.32 Å². The molecule has 2 heteroatoms. The predicted octanol–water partition coefficient (Wildman–Crippen LogP) is 3.66. The Hall–Kier alpha value is -0.860. The van der Waals surface area contributed by atoms with E-state index in [0.29, 0.717) is 5.54 Å². The van der Waals surface area contributed by atoms with E-state index in [1.54, 1.807) is 0 Å². The van der Waals surface area contributed by atoms with Crippen LogP contribution in [0.4, 0.5) is 0 Å². The third kappa shape index (κ3) is 2.89. The van der Waals surface area contributed by atoms with Crippen LogP contribution in [0.2, 0.25) is 0 Å². The molecular formula is C19H30N2. The van der Waals surface area contributed by atoms with E-state index < -0.39 is 0 Å². The first-order valence-electron chi connectivity index (χ1n) is 8.37. The third-order valence-electron chi connectivity index (χ3n) is 5.68. The Balaban J connectivity index is 1.89. The van der Waals surface area contributed by atoms with E-state index in [1.165, 1.54) is 29.5 Å². The van der Waals surface area contributed by atoms with Gasteiger partial charge in [0, 0.05) is 30.7 Å². The molecule has 3 rings (SSSR count). The minimum Gasteiger partial charge on any atom is -0.309 e. The summed E-state index contributed by atoms with van der Waals surface area (Å²) in [5.74, 6) is 0.880. The number of aryl methyl sites for hydroxylation is 2. The van der Waals surface area contributed by atoms with Crippen LogP contribution in [-0.2, 0) is 6.54 Å².